The van der Waals surface area contributed by atoms with Gasteiger partial charge in [0.15, 0.2) is 0 Å². The van der Waals surface area contributed by atoms with Crippen molar-refractivity contribution in [2.45, 2.75) is 19.4 Å². The van der Waals surface area contributed by atoms with Crippen LogP contribution in [0.2, 0.25) is 0 Å². The van der Waals surface area contributed by atoms with Crippen molar-refractivity contribution in [1.29, 1.82) is 0 Å². The smallest absolute Gasteiger partial charge is 0.398 e. The van der Waals surface area contributed by atoms with Crippen LogP contribution in [0.5, 0.6) is 5.88 Å². The van der Waals surface area contributed by atoms with Crippen LogP contribution in [0.25, 0.3) is 0 Å². The number of alkyl halides is 5. The Balaban J connectivity index is 3.27. The van der Waals surface area contributed by atoms with Crippen molar-refractivity contribution in [3.05, 3.63) is 17.3 Å². The molecule has 0 aliphatic carbocycles. The number of anilines is 1. The zero-order valence-corrected chi connectivity index (χ0v) is 8.13. The predicted octanol–water partition coefficient (Wildman–Crippen LogP) is 1.99. The highest BCUT2D eigenvalue weighted by atomic mass is 19.4. The van der Waals surface area contributed by atoms with Crippen molar-refractivity contribution in [3.63, 3.8) is 0 Å². The third-order valence-corrected chi connectivity index (χ3v) is 1.81. The van der Waals surface area contributed by atoms with E-state index in [2.05, 4.69) is 9.72 Å². The highest BCUT2D eigenvalue weighted by molar-refractivity contribution is 5.57. The first-order valence-corrected chi connectivity index (χ1v) is 4.18. The van der Waals surface area contributed by atoms with Gasteiger partial charge >= 0.3 is 6.36 Å². The van der Waals surface area contributed by atoms with E-state index in [0.717, 1.165) is 6.20 Å². The van der Waals surface area contributed by atoms with Gasteiger partial charge in [-0.3, -0.25) is 0 Å². The van der Waals surface area contributed by atoms with Crippen LogP contribution in [0.3, 0.4) is 0 Å². The maximum atomic E-state index is 12.5. The van der Waals surface area contributed by atoms with Crippen LogP contribution in [0.4, 0.5) is 27.6 Å². The summed E-state index contributed by atoms with van der Waals surface area (Å²) in [4.78, 5) is 3.05. The fourth-order valence-electron chi connectivity index (χ4n) is 1.09. The molecule has 0 spiro atoms. The van der Waals surface area contributed by atoms with Crippen LogP contribution >= 0.6 is 0 Å². The largest absolute Gasteiger partial charge is 0.574 e. The molecule has 4 nitrogen and oxygen atoms in total. The van der Waals surface area contributed by atoms with E-state index in [0.29, 0.717) is 0 Å². The van der Waals surface area contributed by atoms with E-state index in [-0.39, 0.29) is 5.56 Å². The lowest BCUT2D eigenvalue weighted by atomic mass is 10.1. The lowest BCUT2D eigenvalue weighted by Crippen LogP contribution is -2.20. The van der Waals surface area contributed by atoms with Crippen LogP contribution in [-0.4, -0.2) is 16.5 Å². The van der Waals surface area contributed by atoms with E-state index in [9.17, 15) is 22.0 Å². The number of hydrogen-bond donors (Lipinski definition) is 2. The molecule has 9 heteroatoms. The molecule has 0 saturated heterocycles. The van der Waals surface area contributed by atoms with Crippen molar-refractivity contribution >= 4 is 5.69 Å². The van der Waals surface area contributed by atoms with Crippen molar-refractivity contribution in [1.82, 2.24) is 4.98 Å². The summed E-state index contributed by atoms with van der Waals surface area (Å²) in [6, 6.07) is 0. The van der Waals surface area contributed by atoms with E-state index < -0.39 is 36.5 Å². The quantitative estimate of drug-likeness (QED) is 0.813. The fourth-order valence-corrected chi connectivity index (χ4v) is 1.09. The van der Waals surface area contributed by atoms with Crippen LogP contribution in [-0.2, 0) is 6.61 Å². The molecule has 1 heterocycles. The minimum Gasteiger partial charge on any atom is -0.398 e. The monoisotopic (exact) mass is 258 g/mol. The molecule has 0 unspecified atom stereocenters. The third kappa shape index (κ3) is 3.16. The van der Waals surface area contributed by atoms with Gasteiger partial charge in [-0.2, -0.15) is 0 Å². The van der Waals surface area contributed by atoms with Crippen molar-refractivity contribution in [2.75, 3.05) is 5.73 Å². The summed E-state index contributed by atoms with van der Waals surface area (Å²) in [5.41, 5.74) is 3.13. The number of aromatic nitrogens is 1. The Bertz CT molecular complexity index is 408. The lowest BCUT2D eigenvalue weighted by Gasteiger charge is -2.15. The molecular weight excluding hydrogens is 251 g/mol. The second-order valence-electron chi connectivity index (χ2n) is 2.92. The first-order valence-electron chi connectivity index (χ1n) is 4.18. The average Bonchev–Trinajstić information content (AvgIpc) is 2.14. The molecule has 0 atom stereocenters. The minimum atomic E-state index is -5.15. The van der Waals surface area contributed by atoms with Gasteiger partial charge in [0.25, 0.3) is 6.43 Å². The number of pyridine rings is 1. The summed E-state index contributed by atoms with van der Waals surface area (Å²) < 4.78 is 64.1. The fraction of sp³-hybridized carbons (Fsp3) is 0.375. The molecule has 17 heavy (non-hydrogen) atoms. The highest BCUT2D eigenvalue weighted by Crippen LogP contribution is 2.36. The maximum absolute atomic E-state index is 12.5. The number of hydrogen-bond acceptors (Lipinski definition) is 4. The Morgan fingerprint density at radius 1 is 1.41 bits per heavy atom. The zero-order valence-electron chi connectivity index (χ0n) is 8.13. The van der Waals surface area contributed by atoms with Crippen molar-refractivity contribution in [2.24, 2.45) is 0 Å². The molecule has 0 aromatic carbocycles. The number of ether oxygens (including phenoxy) is 1. The molecular formula is C8H7F5N2O2. The summed E-state index contributed by atoms with van der Waals surface area (Å²) in [5.74, 6) is -1.32. The third-order valence-electron chi connectivity index (χ3n) is 1.81. The average molecular weight is 258 g/mol. The van der Waals surface area contributed by atoms with E-state index in [1.54, 1.807) is 0 Å². The molecule has 0 fully saturated rings. The Morgan fingerprint density at radius 3 is 2.41 bits per heavy atom. The molecule has 0 radical (unpaired) electrons. The van der Waals surface area contributed by atoms with E-state index >= 15 is 0 Å². The van der Waals surface area contributed by atoms with Crippen LogP contribution in [0, 0.1) is 0 Å². The summed E-state index contributed by atoms with van der Waals surface area (Å²) in [5, 5.41) is 8.72. The first-order chi connectivity index (χ1) is 7.76. The van der Waals surface area contributed by atoms with Crippen LogP contribution < -0.4 is 10.5 Å². The number of nitrogens with zero attached hydrogens (tertiary/aromatic N) is 1. The van der Waals surface area contributed by atoms with Gasteiger partial charge in [-0.05, 0) is 0 Å². The van der Waals surface area contributed by atoms with Crippen molar-refractivity contribution < 1.29 is 31.8 Å². The number of aliphatic hydroxyl groups is 1. The second-order valence-corrected chi connectivity index (χ2v) is 2.92. The molecule has 0 amide bonds. The molecule has 0 aliphatic heterocycles. The van der Waals surface area contributed by atoms with Gasteiger partial charge in [0.2, 0.25) is 5.88 Å². The standard InChI is InChI=1S/C8H7F5N2O2/c9-6(10)4-5(14)3(2-16)1-15-7(4)17-8(11,12)13/h1,6,16H,2H2,(H2,14,15). The number of halogens is 5. The molecule has 0 bridgehead atoms. The molecule has 1 rings (SSSR count). The van der Waals surface area contributed by atoms with E-state index in [1.165, 1.54) is 0 Å². The minimum absolute atomic E-state index is 0.199. The Morgan fingerprint density at radius 2 is 2.00 bits per heavy atom. The van der Waals surface area contributed by atoms with Gasteiger partial charge in [-0.1, -0.05) is 0 Å². The van der Waals surface area contributed by atoms with Gasteiger partial charge in [0.05, 0.1) is 12.3 Å². The molecule has 0 saturated carbocycles. The van der Waals surface area contributed by atoms with Crippen molar-refractivity contribution in [3.8, 4) is 5.88 Å². The number of nitrogen functional groups attached to an aromatic ring is 1. The maximum Gasteiger partial charge on any atom is 0.574 e. The topological polar surface area (TPSA) is 68.4 Å². The summed E-state index contributed by atoms with van der Waals surface area (Å²) in [6.07, 6.45) is -7.71. The second kappa shape index (κ2) is 4.70. The Hall–Kier alpha value is -1.64. The number of nitrogens with two attached hydrogens (primary N) is 1. The van der Waals surface area contributed by atoms with Gasteiger partial charge in [-0.25, -0.2) is 13.8 Å². The first kappa shape index (κ1) is 13.4. The molecule has 96 valence electrons. The Labute approximate surface area is 91.8 Å². The number of rotatable bonds is 3. The molecule has 1 aromatic rings. The van der Waals surface area contributed by atoms with Gasteiger partial charge in [-0.15, -0.1) is 13.2 Å². The zero-order chi connectivity index (χ0) is 13.2. The molecule has 0 aliphatic rings. The lowest BCUT2D eigenvalue weighted by molar-refractivity contribution is -0.276. The normalized spacial score (nSPS) is 11.9. The SMILES string of the molecule is Nc1c(CO)cnc(OC(F)(F)F)c1C(F)F. The number of aliphatic hydroxyl groups excluding tert-OH is 1. The van der Waals surface area contributed by atoms with E-state index in [4.69, 9.17) is 10.8 Å². The summed E-state index contributed by atoms with van der Waals surface area (Å²) in [7, 11) is 0. The van der Waals surface area contributed by atoms with Gasteiger partial charge in [0.1, 0.15) is 5.56 Å². The highest BCUT2D eigenvalue weighted by Gasteiger charge is 2.35. The van der Waals surface area contributed by atoms with Gasteiger partial charge < -0.3 is 15.6 Å². The Kier molecular flexibility index (Phi) is 3.71. The predicted molar refractivity (Wildman–Crippen MR) is 46.2 cm³/mol. The van der Waals surface area contributed by atoms with Crippen LogP contribution in [0.1, 0.15) is 17.6 Å². The molecule has 3 N–H and O–H groups in total. The molecule has 1 aromatic heterocycles. The summed E-state index contributed by atoms with van der Waals surface area (Å²) in [6.45, 7) is -0.717. The van der Waals surface area contributed by atoms with Crippen LogP contribution in [0.15, 0.2) is 6.20 Å². The summed E-state index contributed by atoms with van der Waals surface area (Å²) >= 11 is 0. The van der Waals surface area contributed by atoms with Gasteiger partial charge in [0, 0.05) is 11.8 Å². The van der Waals surface area contributed by atoms with E-state index in [1.807, 2.05) is 0 Å².